The Balaban J connectivity index is 0. The van der Waals surface area contributed by atoms with Crippen LogP contribution in [0.4, 0.5) is 0 Å². The Morgan fingerprint density at radius 1 is 1.75 bits per heavy atom. The molecule has 0 bridgehead atoms. The molecule has 2 heteroatoms. The first-order valence-corrected chi connectivity index (χ1v) is 0.742. The van der Waals surface area contributed by atoms with Crippen LogP contribution in [0.3, 0.4) is 0 Å². The van der Waals surface area contributed by atoms with Crippen LogP contribution in [0.15, 0.2) is 12.8 Å². The third-order valence-corrected chi connectivity index (χ3v) is 0. The molecule has 0 saturated carbocycles. The molecule has 0 atom stereocenters. The summed E-state index contributed by atoms with van der Waals surface area (Å²) in [5.74, 6) is 0. The minimum Gasteiger partial charge on any atom is -0.405 e. The van der Waals surface area contributed by atoms with E-state index in [1.54, 1.807) is 0 Å². The fourth-order valence-electron chi connectivity index (χ4n) is 0. The Bertz CT molecular complexity index is 13.5. The molecule has 0 saturated heterocycles. The molecule has 2 N–H and O–H groups in total. The maximum absolute atomic E-state index is 4.61. The van der Waals surface area contributed by atoms with E-state index in [2.05, 4.69) is 12.3 Å². The second-order valence-electron chi connectivity index (χ2n) is 0.236. The Hall–Kier alpha value is 0.0595. The van der Waals surface area contributed by atoms with Crippen LogP contribution >= 0.6 is 0 Å². The van der Waals surface area contributed by atoms with E-state index in [0.717, 1.165) is 0 Å². The van der Waals surface area contributed by atoms with Gasteiger partial charge in [-0.1, -0.05) is 6.58 Å². The second kappa shape index (κ2) is 11.6. The van der Waals surface area contributed by atoms with Gasteiger partial charge in [0, 0.05) is 17.1 Å². The van der Waals surface area contributed by atoms with Crippen molar-refractivity contribution in [2.75, 3.05) is 0 Å². The zero-order valence-corrected chi connectivity index (χ0v) is 3.32. The van der Waals surface area contributed by atoms with Crippen molar-refractivity contribution in [3.63, 3.8) is 0 Å². The molecule has 0 aromatic carbocycles. The van der Waals surface area contributed by atoms with Crippen molar-refractivity contribution in [1.29, 1.82) is 0 Å². The van der Waals surface area contributed by atoms with Gasteiger partial charge in [-0.25, -0.2) is 0 Å². The number of nitrogens with two attached hydrogens (primary N) is 1. The van der Waals surface area contributed by atoms with Crippen LogP contribution in [0.25, 0.3) is 0 Å². The van der Waals surface area contributed by atoms with Gasteiger partial charge in [0.1, 0.15) is 0 Å². The first kappa shape index (κ1) is 8.96. The maximum atomic E-state index is 4.61. The molecular weight excluding hydrogens is 93.9 g/mol. The van der Waals surface area contributed by atoms with Gasteiger partial charge in [0.2, 0.25) is 0 Å². The fraction of sp³-hybridized carbons (Fsp3) is 0. The van der Waals surface area contributed by atoms with Gasteiger partial charge in [-0.15, -0.1) is 0 Å². The topological polar surface area (TPSA) is 26.0 Å². The van der Waals surface area contributed by atoms with Crippen molar-refractivity contribution in [3.05, 3.63) is 12.8 Å². The molecule has 0 heterocycles. The molecule has 0 aromatic rings. The summed E-state index contributed by atoms with van der Waals surface area (Å²) in [6.45, 7) is 3.14. The summed E-state index contributed by atoms with van der Waals surface area (Å²) in [6, 6.07) is 0. The van der Waals surface area contributed by atoms with Crippen molar-refractivity contribution >= 4 is 0 Å². The van der Waals surface area contributed by atoms with Gasteiger partial charge in [-0.2, -0.15) is 0 Å². The largest absolute Gasteiger partial charge is 0.405 e. The second-order valence-corrected chi connectivity index (χ2v) is 0.236. The maximum Gasteiger partial charge on any atom is 0 e. The number of hydrogen-bond acceptors (Lipinski definition) is 1. The SMILES string of the molecule is C=CN.[Fe]. The number of hydrogen-bond donors (Lipinski definition) is 1. The van der Waals surface area contributed by atoms with Crippen molar-refractivity contribution in [3.8, 4) is 0 Å². The van der Waals surface area contributed by atoms with Gasteiger partial charge in [-0.05, 0) is 6.20 Å². The summed E-state index contributed by atoms with van der Waals surface area (Å²) in [6.07, 6.45) is 1.25. The average molecular weight is 98.9 g/mol. The van der Waals surface area contributed by atoms with Gasteiger partial charge >= 0.3 is 0 Å². The monoisotopic (exact) mass is 99.0 g/mol. The van der Waals surface area contributed by atoms with Crippen LogP contribution in [0, 0.1) is 0 Å². The summed E-state index contributed by atoms with van der Waals surface area (Å²) in [7, 11) is 0. The van der Waals surface area contributed by atoms with E-state index in [1.807, 2.05) is 0 Å². The normalized spacial score (nSPS) is 3.00. The third-order valence-electron chi connectivity index (χ3n) is 0. The predicted molar refractivity (Wildman–Crippen MR) is 14.4 cm³/mol. The van der Waals surface area contributed by atoms with E-state index < -0.39 is 0 Å². The van der Waals surface area contributed by atoms with Crippen LogP contribution < -0.4 is 5.73 Å². The fourth-order valence-corrected chi connectivity index (χ4v) is 0. The molecule has 0 unspecified atom stereocenters. The standard InChI is InChI=1S/C2H5N.Fe/c1-2-3;/h2H,1,3H2;. The molecule has 4 heavy (non-hydrogen) atoms. The van der Waals surface area contributed by atoms with Crippen molar-refractivity contribution in [1.82, 2.24) is 0 Å². The molecule has 0 fully saturated rings. The summed E-state index contributed by atoms with van der Waals surface area (Å²) < 4.78 is 0. The van der Waals surface area contributed by atoms with E-state index in [0.29, 0.717) is 0 Å². The Morgan fingerprint density at radius 3 is 1.75 bits per heavy atom. The van der Waals surface area contributed by atoms with Crippen molar-refractivity contribution in [2.24, 2.45) is 5.73 Å². The van der Waals surface area contributed by atoms with Crippen LogP contribution in [0.2, 0.25) is 0 Å². The molecule has 0 rings (SSSR count). The van der Waals surface area contributed by atoms with Crippen molar-refractivity contribution < 1.29 is 17.1 Å². The van der Waals surface area contributed by atoms with E-state index in [4.69, 9.17) is 0 Å². The van der Waals surface area contributed by atoms with Gasteiger partial charge in [0.25, 0.3) is 0 Å². The minimum absolute atomic E-state index is 0. The first-order valence-electron chi connectivity index (χ1n) is 0.742. The van der Waals surface area contributed by atoms with Gasteiger partial charge in [0.05, 0.1) is 0 Å². The summed E-state index contributed by atoms with van der Waals surface area (Å²) in [4.78, 5) is 0. The zero-order chi connectivity index (χ0) is 2.71. The molecule has 0 spiro atoms. The Labute approximate surface area is 36.4 Å². The molecule has 0 aliphatic heterocycles. The van der Waals surface area contributed by atoms with Gasteiger partial charge in [-0.3, -0.25) is 0 Å². The number of rotatable bonds is 0. The molecule has 0 aromatic heterocycles. The van der Waals surface area contributed by atoms with Crippen molar-refractivity contribution in [2.45, 2.75) is 0 Å². The molecule has 0 radical (unpaired) electrons. The van der Waals surface area contributed by atoms with Crippen LogP contribution in [-0.4, -0.2) is 0 Å². The molecule has 0 aliphatic carbocycles. The first-order chi connectivity index (χ1) is 1.41. The van der Waals surface area contributed by atoms with Crippen LogP contribution in [0.5, 0.6) is 0 Å². The Kier molecular flexibility index (Phi) is 25.9. The zero-order valence-electron chi connectivity index (χ0n) is 2.22. The molecule has 0 amide bonds. The average Bonchev–Trinajstić information content (AvgIpc) is 0.918. The molecule has 0 aliphatic rings. The van der Waals surface area contributed by atoms with E-state index in [-0.39, 0.29) is 17.1 Å². The predicted octanol–water partition coefficient (Wildman–Crippen LogP) is 0.0861. The van der Waals surface area contributed by atoms with Gasteiger partial charge in [0.15, 0.2) is 0 Å². The smallest absolute Gasteiger partial charge is 0 e. The van der Waals surface area contributed by atoms with E-state index in [1.165, 1.54) is 6.20 Å². The van der Waals surface area contributed by atoms with E-state index >= 15 is 0 Å². The molecule has 26 valence electrons. The quantitative estimate of drug-likeness (QED) is 0.427. The molecular formula is C2H5FeN. The third kappa shape index (κ3) is 653. The summed E-state index contributed by atoms with van der Waals surface area (Å²) in [5.41, 5.74) is 4.61. The molecule has 1 nitrogen and oxygen atoms in total. The summed E-state index contributed by atoms with van der Waals surface area (Å²) in [5, 5.41) is 0. The van der Waals surface area contributed by atoms with Crippen LogP contribution in [-0.2, 0) is 17.1 Å². The Morgan fingerprint density at radius 2 is 1.75 bits per heavy atom. The van der Waals surface area contributed by atoms with E-state index in [9.17, 15) is 0 Å². The minimum atomic E-state index is 0. The summed E-state index contributed by atoms with van der Waals surface area (Å²) >= 11 is 0. The van der Waals surface area contributed by atoms with Gasteiger partial charge < -0.3 is 5.73 Å². The van der Waals surface area contributed by atoms with Crippen LogP contribution in [0.1, 0.15) is 0 Å².